The zero-order valence-electron chi connectivity index (χ0n) is 5.60. The van der Waals surface area contributed by atoms with E-state index in [1.165, 1.54) is 6.20 Å². The molecule has 0 fully saturated rings. The Morgan fingerprint density at radius 1 is 1.45 bits per heavy atom. The Labute approximate surface area is 71.6 Å². The molecule has 1 aromatic rings. The van der Waals surface area contributed by atoms with Crippen molar-refractivity contribution in [3.63, 3.8) is 0 Å². The molecule has 0 bridgehead atoms. The lowest BCUT2D eigenvalue weighted by atomic mass is 10.2. The van der Waals surface area contributed by atoms with Crippen LogP contribution in [0, 0.1) is 0 Å². The minimum absolute atomic E-state index is 0.230. The second-order valence-corrected chi connectivity index (χ2v) is 3.02. The molecule has 1 aromatic heterocycles. The number of pyridine rings is 1. The largest absolute Gasteiger partial charge is 0.263 e. The van der Waals surface area contributed by atoms with Crippen LogP contribution in [0.2, 0.25) is 0 Å². The molecule has 0 radical (unpaired) electrons. The van der Waals surface area contributed by atoms with E-state index in [1.54, 1.807) is 12.3 Å². The summed E-state index contributed by atoms with van der Waals surface area (Å²) in [5.74, 6) is 0. The Hall–Kier alpha value is -0.510. The molecule has 0 atom stereocenters. The van der Waals surface area contributed by atoms with E-state index in [1.807, 2.05) is 0 Å². The highest BCUT2D eigenvalue weighted by Gasteiger charge is 2.04. The van der Waals surface area contributed by atoms with E-state index in [0.717, 1.165) is 4.47 Å². The van der Waals surface area contributed by atoms with Crippen LogP contribution >= 0.6 is 15.9 Å². The molecule has 0 aliphatic carbocycles. The zero-order chi connectivity index (χ0) is 8.27. The number of alkyl halides is 2. The second kappa shape index (κ2) is 3.76. The lowest BCUT2D eigenvalue weighted by Crippen LogP contribution is -1.96. The van der Waals surface area contributed by atoms with Gasteiger partial charge in [0.25, 0.3) is 0 Å². The fourth-order valence-electron chi connectivity index (χ4n) is 0.746. The minimum Gasteiger partial charge on any atom is -0.263 e. The molecule has 0 amide bonds. The first-order valence-corrected chi connectivity index (χ1v) is 3.85. The van der Waals surface area contributed by atoms with Crippen molar-refractivity contribution in [2.24, 2.45) is 0 Å². The number of halogens is 3. The van der Waals surface area contributed by atoms with Crippen molar-refractivity contribution < 1.29 is 8.78 Å². The average Bonchev–Trinajstić information content (AvgIpc) is 1.85. The number of rotatable bonds is 2. The highest BCUT2D eigenvalue weighted by molar-refractivity contribution is 9.10. The molecule has 0 saturated carbocycles. The van der Waals surface area contributed by atoms with Crippen molar-refractivity contribution in [3.8, 4) is 0 Å². The first-order chi connectivity index (χ1) is 5.18. The van der Waals surface area contributed by atoms with E-state index in [4.69, 9.17) is 0 Å². The first kappa shape index (κ1) is 8.59. The van der Waals surface area contributed by atoms with Crippen LogP contribution in [0.15, 0.2) is 22.9 Å². The Morgan fingerprint density at radius 3 is 2.73 bits per heavy atom. The second-order valence-electron chi connectivity index (χ2n) is 2.11. The summed E-state index contributed by atoms with van der Waals surface area (Å²) in [4.78, 5) is 3.76. The van der Waals surface area contributed by atoms with Crippen molar-refractivity contribution in [1.29, 1.82) is 0 Å². The standard InChI is InChI=1S/C7H6BrF2N/c8-6-1-5(2-7(9)10)3-11-4-6/h1,3-4,7H,2H2. The summed E-state index contributed by atoms with van der Waals surface area (Å²) in [7, 11) is 0. The number of hydrogen-bond acceptors (Lipinski definition) is 1. The summed E-state index contributed by atoms with van der Waals surface area (Å²) >= 11 is 3.14. The van der Waals surface area contributed by atoms with Gasteiger partial charge in [-0.15, -0.1) is 0 Å². The quantitative estimate of drug-likeness (QED) is 0.749. The molecule has 1 nitrogen and oxygen atoms in total. The lowest BCUT2D eigenvalue weighted by molar-refractivity contribution is 0.149. The van der Waals surface area contributed by atoms with Crippen LogP contribution in [0.5, 0.6) is 0 Å². The summed E-state index contributed by atoms with van der Waals surface area (Å²) in [6, 6.07) is 1.64. The van der Waals surface area contributed by atoms with Crippen LogP contribution in [-0.2, 0) is 6.42 Å². The summed E-state index contributed by atoms with van der Waals surface area (Å²) < 4.78 is 24.4. The van der Waals surface area contributed by atoms with Gasteiger partial charge in [0.2, 0.25) is 6.43 Å². The van der Waals surface area contributed by atoms with Crippen LogP contribution in [0.4, 0.5) is 8.78 Å². The molecule has 60 valence electrons. The van der Waals surface area contributed by atoms with E-state index < -0.39 is 6.43 Å². The maximum absolute atomic E-state index is 11.8. The van der Waals surface area contributed by atoms with Gasteiger partial charge < -0.3 is 0 Å². The molecular weight excluding hydrogens is 216 g/mol. The molecule has 1 heterocycles. The van der Waals surface area contributed by atoms with Gasteiger partial charge in [-0.1, -0.05) is 0 Å². The van der Waals surface area contributed by atoms with Crippen LogP contribution in [-0.4, -0.2) is 11.4 Å². The van der Waals surface area contributed by atoms with E-state index in [0.29, 0.717) is 5.56 Å². The number of hydrogen-bond donors (Lipinski definition) is 0. The zero-order valence-corrected chi connectivity index (χ0v) is 7.18. The molecule has 4 heteroatoms. The van der Waals surface area contributed by atoms with Gasteiger partial charge in [-0.05, 0) is 27.6 Å². The third-order valence-electron chi connectivity index (χ3n) is 1.15. The van der Waals surface area contributed by atoms with Crippen molar-refractivity contribution in [3.05, 3.63) is 28.5 Å². The molecule has 11 heavy (non-hydrogen) atoms. The van der Waals surface area contributed by atoms with E-state index in [-0.39, 0.29) is 6.42 Å². The number of nitrogens with zero attached hydrogens (tertiary/aromatic N) is 1. The molecule has 0 saturated heterocycles. The maximum atomic E-state index is 11.8. The Morgan fingerprint density at radius 2 is 2.18 bits per heavy atom. The Balaban J connectivity index is 2.71. The predicted molar refractivity (Wildman–Crippen MR) is 41.6 cm³/mol. The van der Waals surface area contributed by atoms with E-state index in [2.05, 4.69) is 20.9 Å². The van der Waals surface area contributed by atoms with Crippen molar-refractivity contribution >= 4 is 15.9 Å². The lowest BCUT2D eigenvalue weighted by Gasteiger charge is -1.98. The SMILES string of the molecule is FC(F)Cc1cncc(Br)c1. The first-order valence-electron chi connectivity index (χ1n) is 3.06. The molecule has 0 unspecified atom stereocenters. The van der Waals surface area contributed by atoms with Crippen molar-refractivity contribution in [2.75, 3.05) is 0 Å². The van der Waals surface area contributed by atoms with Gasteiger partial charge in [0, 0.05) is 23.3 Å². The molecule has 0 aliphatic heterocycles. The van der Waals surface area contributed by atoms with E-state index >= 15 is 0 Å². The average molecular weight is 222 g/mol. The third-order valence-corrected chi connectivity index (χ3v) is 1.59. The Bertz CT molecular complexity index is 240. The topological polar surface area (TPSA) is 12.9 Å². The molecule has 0 aromatic carbocycles. The summed E-state index contributed by atoms with van der Waals surface area (Å²) in [6.45, 7) is 0. The number of aromatic nitrogens is 1. The fraction of sp³-hybridized carbons (Fsp3) is 0.286. The van der Waals surface area contributed by atoms with Crippen LogP contribution in [0.1, 0.15) is 5.56 Å². The minimum atomic E-state index is -2.30. The van der Waals surface area contributed by atoms with Gasteiger partial charge >= 0.3 is 0 Å². The highest BCUT2D eigenvalue weighted by Crippen LogP contribution is 2.12. The van der Waals surface area contributed by atoms with Crippen LogP contribution in [0.25, 0.3) is 0 Å². The highest BCUT2D eigenvalue weighted by atomic mass is 79.9. The molecular formula is C7H6BrF2N. The van der Waals surface area contributed by atoms with Gasteiger partial charge in [0.05, 0.1) is 0 Å². The van der Waals surface area contributed by atoms with Gasteiger partial charge in [-0.25, -0.2) is 8.78 Å². The fourth-order valence-corrected chi connectivity index (χ4v) is 1.16. The van der Waals surface area contributed by atoms with Crippen molar-refractivity contribution in [1.82, 2.24) is 4.98 Å². The van der Waals surface area contributed by atoms with Gasteiger partial charge in [0.1, 0.15) is 0 Å². The summed E-state index contributed by atoms with van der Waals surface area (Å²) in [5, 5.41) is 0. The normalized spacial score (nSPS) is 10.5. The smallest absolute Gasteiger partial charge is 0.242 e. The summed E-state index contributed by atoms with van der Waals surface area (Å²) in [6.07, 6.45) is 0.476. The predicted octanol–water partition coefficient (Wildman–Crippen LogP) is 2.65. The molecule has 0 spiro atoms. The maximum Gasteiger partial charge on any atom is 0.242 e. The van der Waals surface area contributed by atoms with Crippen LogP contribution in [0.3, 0.4) is 0 Å². The molecule has 0 N–H and O–H groups in total. The van der Waals surface area contributed by atoms with Gasteiger partial charge in [-0.2, -0.15) is 0 Å². The third kappa shape index (κ3) is 2.93. The van der Waals surface area contributed by atoms with Gasteiger partial charge in [0.15, 0.2) is 0 Å². The van der Waals surface area contributed by atoms with Crippen LogP contribution < -0.4 is 0 Å². The monoisotopic (exact) mass is 221 g/mol. The van der Waals surface area contributed by atoms with E-state index in [9.17, 15) is 8.78 Å². The Kier molecular flexibility index (Phi) is 2.93. The summed E-state index contributed by atoms with van der Waals surface area (Å²) in [5.41, 5.74) is 0.550. The van der Waals surface area contributed by atoms with Gasteiger partial charge in [-0.3, -0.25) is 4.98 Å². The molecule has 0 aliphatic rings. The molecule has 1 rings (SSSR count). The van der Waals surface area contributed by atoms with Crippen molar-refractivity contribution in [2.45, 2.75) is 12.8 Å².